The van der Waals surface area contributed by atoms with Crippen LogP contribution in [0.3, 0.4) is 0 Å². The van der Waals surface area contributed by atoms with E-state index in [2.05, 4.69) is 274 Å². The first-order chi connectivity index (χ1) is 59.9. The molecule has 0 unspecified atom stereocenters. The van der Waals surface area contributed by atoms with Crippen molar-refractivity contribution in [3.63, 3.8) is 0 Å². The van der Waals surface area contributed by atoms with Gasteiger partial charge in [0.2, 0.25) is 0 Å². The number of imidazole rings is 4. The molecule has 596 valence electrons. The van der Waals surface area contributed by atoms with Gasteiger partial charge in [-0.3, -0.25) is 20.2 Å². The molecule has 14 aromatic carbocycles. The van der Waals surface area contributed by atoms with Crippen LogP contribution in [0.5, 0.6) is 0 Å². The van der Waals surface area contributed by atoms with Crippen LogP contribution >= 0.6 is 75.3 Å². The molecule has 0 fully saturated rings. The van der Waals surface area contributed by atoms with E-state index < -0.39 is 9.85 Å². The number of halogens is 5. The van der Waals surface area contributed by atoms with Crippen molar-refractivity contribution in [2.45, 2.75) is 6.92 Å². The highest BCUT2D eigenvalue weighted by atomic mass is 79.9. The fourth-order valence-electron chi connectivity index (χ4n) is 15.7. The van der Waals surface area contributed by atoms with Crippen molar-refractivity contribution in [2.75, 3.05) is 5.73 Å². The molecule has 0 radical (unpaired) electrons. The molecule has 0 aliphatic heterocycles. The number of benzene rings is 14. The van der Waals surface area contributed by atoms with E-state index in [-0.39, 0.29) is 11.4 Å². The summed E-state index contributed by atoms with van der Waals surface area (Å²) in [5.74, 6) is 3.12. The summed E-state index contributed by atoms with van der Waals surface area (Å²) in [7, 11) is 0. The average molecular weight is 1880 g/mol. The number of non-ortho nitro benzene ring substituents is 2. The minimum atomic E-state index is -0.458. The third-order valence-corrected chi connectivity index (χ3v) is 23.9. The van der Waals surface area contributed by atoms with Gasteiger partial charge >= 0.3 is 0 Å². The van der Waals surface area contributed by atoms with Gasteiger partial charge in [-0.1, -0.05) is 226 Å². The van der Waals surface area contributed by atoms with Gasteiger partial charge in [-0.05, 0) is 156 Å². The predicted octanol–water partition coefficient (Wildman–Crippen LogP) is 28.8. The molecule has 0 atom stereocenters. The van der Waals surface area contributed by atoms with Gasteiger partial charge in [0, 0.05) is 188 Å². The van der Waals surface area contributed by atoms with Gasteiger partial charge in [0.05, 0.1) is 55.0 Å². The molecule has 10 N–H and O–H groups in total. The van der Waals surface area contributed by atoms with Crippen LogP contribution in [0.1, 0.15) is 5.56 Å². The van der Waals surface area contributed by atoms with E-state index in [0.717, 1.165) is 179 Å². The van der Waals surface area contributed by atoms with E-state index >= 15 is 0 Å². The Balaban J connectivity index is 0.000000108. The lowest BCUT2D eigenvalue weighted by Crippen LogP contribution is -1.89. The summed E-state index contributed by atoms with van der Waals surface area (Å²) in [6, 6.07) is 96.9. The molecule has 0 aliphatic carbocycles. The fraction of sp³-hybridized carbons (Fsp3) is 0.0101. The quantitative estimate of drug-likeness (QED) is 0.0229. The second-order valence-corrected chi connectivity index (χ2v) is 33.5. The highest BCUT2D eigenvalue weighted by Crippen LogP contribution is 2.44. The number of hydrogen-bond donors (Lipinski definition) is 9. The van der Waals surface area contributed by atoms with Gasteiger partial charge in [-0.25, -0.2) is 19.9 Å². The van der Waals surface area contributed by atoms with Crippen molar-refractivity contribution in [3.05, 3.63) is 371 Å². The molecule has 22 rings (SSSR count). The van der Waals surface area contributed by atoms with Crippen LogP contribution in [0, 0.1) is 27.2 Å². The Morgan fingerprint density at radius 2 is 0.667 bits per heavy atom. The molecule has 0 spiro atoms. The van der Waals surface area contributed by atoms with Crippen molar-refractivity contribution in [2.24, 2.45) is 0 Å². The number of nitrogens with zero attached hydrogens (tertiary/aromatic N) is 6. The lowest BCUT2D eigenvalue weighted by molar-refractivity contribution is -0.385. The minimum absolute atomic E-state index is 0.0168. The highest BCUT2D eigenvalue weighted by Gasteiger charge is 2.24. The number of hydrogen-bond acceptors (Lipinski definition) is 9. The standard InChI is InChI=1S/C29H19BrClN3.C24H18BrN3.C23H14BrN5O4.C23H15BrN4/c30-22-12-15-26-24(16-22)25(17-32-26)29-33-27(28(34-29)21-10-13-23(31)14-11-21)20-8-6-19(7-9-20)18-4-2-1-3-5-18;1-15-6-5-9-17(12-15)23-22(16-7-3-2-4-8-16)27-24(28-23)20-14-26-21-11-10-18(25)13-19(20)21;24-15-5-10-20-18(11-15)19(12-25-20)23-26-21(13-1-6-16(7-2-13)28(30)31)22(27-23)14-3-8-17(9-4-14)29(32)33;24-12-5-8-20-17(9-12)19(11-26-20)23-27-21-16-4-2-1-3-14(16)15-7-6-13(25)10-18(15)22(21)28-23/h1-17,32H,(H,33,34);2-14,26H,1H3,(H,27,28);1-12,25H,(H,26,27);1-11,26H,25H2,(H,27,28). The maximum atomic E-state index is 11.1. The summed E-state index contributed by atoms with van der Waals surface area (Å²) in [6.45, 7) is 2.11. The number of nitro groups is 2. The molecule has 0 bridgehead atoms. The maximum Gasteiger partial charge on any atom is 0.269 e. The Kier molecular flexibility index (Phi) is 21.3. The molecule has 22 aromatic rings. The van der Waals surface area contributed by atoms with Gasteiger partial charge in [-0.2, -0.15) is 0 Å². The third kappa shape index (κ3) is 15.8. The van der Waals surface area contributed by atoms with Crippen molar-refractivity contribution < 1.29 is 9.85 Å². The molecule has 19 nitrogen and oxygen atoms in total. The Labute approximate surface area is 739 Å². The smallest absolute Gasteiger partial charge is 0.269 e. The molecule has 0 saturated carbocycles. The van der Waals surface area contributed by atoms with E-state index in [9.17, 15) is 20.2 Å². The van der Waals surface area contributed by atoms with Crippen LogP contribution in [0.25, 0.3) is 200 Å². The van der Waals surface area contributed by atoms with E-state index in [0.29, 0.717) is 33.4 Å². The Bertz CT molecular complexity index is 7710. The lowest BCUT2D eigenvalue weighted by Gasteiger charge is -2.06. The molecule has 8 aromatic heterocycles. The normalized spacial score (nSPS) is 11.3. The first-order valence-corrected chi connectivity index (χ1v) is 42.5. The largest absolute Gasteiger partial charge is 0.399 e. The van der Waals surface area contributed by atoms with Gasteiger partial charge in [0.1, 0.15) is 23.3 Å². The maximum absolute atomic E-state index is 11.1. The SMILES string of the molecule is Cc1cccc(-c2nc(-c3c[nH]c4ccc(Br)cc34)[nH]c2-c2ccccc2)c1.Clc1ccc(-c2[nH]c(-c3c[nH]c4ccc(Br)cc34)nc2-c2ccc(-c3ccccc3)cc2)cc1.Nc1ccc2c3ccccc3c3[nH]c(-c4c[nH]c5ccc(Br)cc45)nc3c2c1.O=[N+]([O-])c1ccc(-c2nc(-c3c[nH]c4ccc(Br)cc34)[nH]c2-c2ccc([N+](=O)[O-])cc2)cc1. The number of anilines is 1. The molecule has 0 saturated heterocycles. The van der Waals surface area contributed by atoms with E-state index in [1.54, 1.807) is 24.3 Å². The number of fused-ring (bicyclic) bond motifs is 10. The van der Waals surface area contributed by atoms with Crippen molar-refractivity contribution >= 4 is 169 Å². The van der Waals surface area contributed by atoms with Crippen LogP contribution in [0.4, 0.5) is 17.1 Å². The molecule has 123 heavy (non-hydrogen) atoms. The number of aromatic nitrogens is 12. The van der Waals surface area contributed by atoms with Gasteiger partial charge < -0.3 is 45.6 Å². The first-order valence-electron chi connectivity index (χ1n) is 39.0. The summed E-state index contributed by atoms with van der Waals surface area (Å²) >= 11 is 20.4. The summed E-state index contributed by atoms with van der Waals surface area (Å²) in [5.41, 5.74) is 31.3. The number of aryl methyl sites for hydroxylation is 1. The highest BCUT2D eigenvalue weighted by molar-refractivity contribution is 9.11. The average Bonchev–Trinajstić information content (AvgIpc) is 1.62. The number of nitro benzene ring substituents is 2. The molecule has 0 amide bonds. The monoisotopic (exact) mass is 1880 g/mol. The number of rotatable bonds is 13. The zero-order valence-electron chi connectivity index (χ0n) is 64.9. The van der Waals surface area contributed by atoms with Crippen LogP contribution in [0.15, 0.2) is 340 Å². The van der Waals surface area contributed by atoms with Crippen molar-refractivity contribution in [1.29, 1.82) is 0 Å². The van der Waals surface area contributed by atoms with Crippen LogP contribution in [-0.2, 0) is 0 Å². The summed E-state index contributed by atoms with van der Waals surface area (Å²) < 4.78 is 4.05. The Morgan fingerprint density at radius 3 is 1.11 bits per heavy atom. The second kappa shape index (κ2) is 33.3. The summed E-state index contributed by atoms with van der Waals surface area (Å²) in [6.07, 6.45) is 7.89. The van der Waals surface area contributed by atoms with E-state index in [4.69, 9.17) is 37.3 Å². The molecule has 0 aliphatic rings. The van der Waals surface area contributed by atoms with Gasteiger partial charge in [0.25, 0.3) is 11.4 Å². The summed E-state index contributed by atoms with van der Waals surface area (Å²) in [5, 5.41) is 31.7. The Morgan fingerprint density at radius 1 is 0.317 bits per heavy atom. The number of H-pyrrole nitrogens is 8. The zero-order chi connectivity index (χ0) is 84.1. The Hall–Kier alpha value is -14.3. The van der Waals surface area contributed by atoms with E-state index in [1.165, 1.54) is 46.3 Å². The van der Waals surface area contributed by atoms with Crippen molar-refractivity contribution in [3.8, 4) is 124 Å². The summed E-state index contributed by atoms with van der Waals surface area (Å²) in [4.78, 5) is 68.5. The van der Waals surface area contributed by atoms with Crippen molar-refractivity contribution in [1.82, 2.24) is 59.8 Å². The molecular formula is C99H66Br4ClN15O4. The zero-order valence-corrected chi connectivity index (χ0v) is 72.0. The van der Waals surface area contributed by atoms with Crippen LogP contribution < -0.4 is 5.73 Å². The predicted molar refractivity (Wildman–Crippen MR) is 512 cm³/mol. The number of aromatic amines is 8. The topological polar surface area (TPSA) is 290 Å². The van der Waals surface area contributed by atoms with Gasteiger partial charge in [0.15, 0.2) is 0 Å². The van der Waals surface area contributed by atoms with Crippen LogP contribution in [0.2, 0.25) is 5.02 Å². The minimum Gasteiger partial charge on any atom is -0.399 e. The third-order valence-electron chi connectivity index (χ3n) is 21.7. The number of nitrogens with one attached hydrogen (secondary N) is 8. The van der Waals surface area contributed by atoms with Crippen LogP contribution in [-0.4, -0.2) is 69.7 Å². The molecular weight excluding hydrogens is 1820 g/mol. The molecule has 8 heterocycles. The first kappa shape index (κ1) is 78.5. The second-order valence-electron chi connectivity index (χ2n) is 29.4. The fourth-order valence-corrected chi connectivity index (χ4v) is 17.3. The van der Waals surface area contributed by atoms with E-state index in [1.807, 2.05) is 110 Å². The number of nitrogens with two attached hydrogens (primary N) is 1. The molecule has 24 heteroatoms. The lowest BCUT2D eigenvalue weighted by atomic mass is 9.99. The van der Waals surface area contributed by atoms with Gasteiger partial charge in [-0.15, -0.1) is 0 Å². The number of nitrogen functional groups attached to an aromatic ring is 1.